The molecule has 0 saturated carbocycles. The number of furan rings is 1. The lowest BCUT2D eigenvalue weighted by molar-refractivity contribution is 0.0906. The monoisotopic (exact) mass is 314 g/mol. The Morgan fingerprint density at radius 1 is 1.65 bits per heavy atom. The van der Waals surface area contributed by atoms with Crippen molar-refractivity contribution in [1.29, 1.82) is 0 Å². The molecule has 4 nitrogen and oxygen atoms in total. The lowest BCUT2D eigenvalue weighted by Gasteiger charge is -2.12. The predicted octanol–water partition coefficient (Wildman–Crippen LogP) is 3.38. The number of aromatic nitrogens is 1. The second-order valence-corrected chi connectivity index (χ2v) is 5.12. The molecule has 6 heteroatoms. The van der Waals surface area contributed by atoms with Gasteiger partial charge in [-0.1, -0.05) is 6.92 Å². The minimum Gasteiger partial charge on any atom is -0.444 e. The van der Waals surface area contributed by atoms with Gasteiger partial charge in [-0.15, -0.1) is 11.3 Å². The normalized spacial score (nSPS) is 12.4. The molecule has 1 amide bonds. The van der Waals surface area contributed by atoms with E-state index in [-0.39, 0.29) is 11.9 Å². The van der Waals surface area contributed by atoms with Crippen molar-refractivity contribution < 1.29 is 9.21 Å². The Labute approximate surface area is 111 Å². The molecule has 17 heavy (non-hydrogen) atoms. The van der Waals surface area contributed by atoms with Gasteiger partial charge in [-0.05, 0) is 34.5 Å². The second kappa shape index (κ2) is 5.46. The third-order valence-corrected chi connectivity index (χ3v) is 3.58. The second-order valence-electron chi connectivity index (χ2n) is 3.41. The van der Waals surface area contributed by atoms with Gasteiger partial charge in [0.05, 0.1) is 6.04 Å². The van der Waals surface area contributed by atoms with Gasteiger partial charge in [0.2, 0.25) is 0 Å². The van der Waals surface area contributed by atoms with Crippen molar-refractivity contribution in [2.45, 2.75) is 19.4 Å². The Morgan fingerprint density at radius 3 is 3.00 bits per heavy atom. The molecule has 90 valence electrons. The molecule has 2 aromatic heterocycles. The predicted molar refractivity (Wildman–Crippen MR) is 69.0 cm³/mol. The molecule has 0 aliphatic rings. The van der Waals surface area contributed by atoms with Crippen LogP contribution in [0.4, 0.5) is 0 Å². The highest BCUT2D eigenvalue weighted by Crippen LogP contribution is 2.20. The highest BCUT2D eigenvalue weighted by molar-refractivity contribution is 9.10. The Bertz CT molecular complexity index is 495. The van der Waals surface area contributed by atoms with Gasteiger partial charge in [-0.3, -0.25) is 4.79 Å². The number of nitrogens with zero attached hydrogens (tertiary/aromatic N) is 1. The highest BCUT2D eigenvalue weighted by atomic mass is 79.9. The van der Waals surface area contributed by atoms with Crippen LogP contribution in [0.3, 0.4) is 0 Å². The van der Waals surface area contributed by atoms with Gasteiger partial charge < -0.3 is 9.73 Å². The van der Waals surface area contributed by atoms with Crippen LogP contribution in [-0.2, 0) is 0 Å². The zero-order valence-electron chi connectivity index (χ0n) is 9.14. The van der Waals surface area contributed by atoms with Crippen LogP contribution in [0.5, 0.6) is 0 Å². The number of thiazole rings is 1. The van der Waals surface area contributed by atoms with E-state index in [9.17, 15) is 4.79 Å². The first kappa shape index (κ1) is 12.3. The smallest absolute Gasteiger partial charge is 0.287 e. The average molecular weight is 315 g/mol. The molecule has 2 rings (SSSR count). The van der Waals surface area contributed by atoms with E-state index in [1.54, 1.807) is 18.3 Å². The van der Waals surface area contributed by atoms with Crippen molar-refractivity contribution in [2.24, 2.45) is 0 Å². The number of halogens is 1. The quantitative estimate of drug-likeness (QED) is 0.941. The third-order valence-electron chi connectivity index (χ3n) is 2.26. The van der Waals surface area contributed by atoms with Crippen molar-refractivity contribution in [3.8, 4) is 0 Å². The summed E-state index contributed by atoms with van der Waals surface area (Å²) in [6.45, 7) is 2.00. The molecule has 2 aromatic rings. The number of hydrogen-bond acceptors (Lipinski definition) is 4. The molecule has 1 N–H and O–H groups in total. The van der Waals surface area contributed by atoms with Crippen LogP contribution < -0.4 is 5.32 Å². The lowest BCUT2D eigenvalue weighted by Crippen LogP contribution is -2.27. The van der Waals surface area contributed by atoms with E-state index >= 15 is 0 Å². The van der Waals surface area contributed by atoms with Gasteiger partial charge in [0, 0.05) is 11.6 Å². The first-order valence-corrected chi connectivity index (χ1v) is 6.83. The molecule has 0 aliphatic carbocycles. The fourth-order valence-corrected chi connectivity index (χ4v) is 2.49. The molecule has 0 radical (unpaired) electrons. The fourth-order valence-electron chi connectivity index (χ4n) is 1.41. The first-order chi connectivity index (χ1) is 8.20. The maximum atomic E-state index is 11.9. The topological polar surface area (TPSA) is 55.1 Å². The van der Waals surface area contributed by atoms with Crippen LogP contribution in [-0.4, -0.2) is 10.9 Å². The van der Waals surface area contributed by atoms with Crippen molar-refractivity contribution in [3.63, 3.8) is 0 Å². The fraction of sp³-hybridized carbons (Fsp3) is 0.273. The standard InChI is InChI=1S/C11H11BrN2O2S/c1-2-7(11-13-5-6-17-11)14-10(15)8-3-4-9(12)16-8/h3-7H,2H2,1H3,(H,14,15). The van der Waals surface area contributed by atoms with E-state index in [0.717, 1.165) is 11.4 Å². The van der Waals surface area contributed by atoms with Crippen LogP contribution in [0.1, 0.15) is 34.9 Å². The van der Waals surface area contributed by atoms with Gasteiger partial charge in [0.1, 0.15) is 5.01 Å². The number of amides is 1. The molecule has 0 aromatic carbocycles. The molecule has 0 aliphatic heterocycles. The average Bonchev–Trinajstić information content (AvgIpc) is 2.96. The van der Waals surface area contributed by atoms with E-state index in [4.69, 9.17) is 4.42 Å². The van der Waals surface area contributed by atoms with Crippen molar-refractivity contribution in [2.75, 3.05) is 0 Å². The molecule has 0 saturated heterocycles. The highest BCUT2D eigenvalue weighted by Gasteiger charge is 2.18. The molecule has 0 spiro atoms. The van der Waals surface area contributed by atoms with Crippen LogP contribution in [0.2, 0.25) is 0 Å². The third kappa shape index (κ3) is 2.95. The maximum Gasteiger partial charge on any atom is 0.287 e. The van der Waals surface area contributed by atoms with Crippen LogP contribution in [0.15, 0.2) is 32.8 Å². The number of carbonyl (C=O) groups excluding carboxylic acids is 1. The molecule has 1 unspecified atom stereocenters. The van der Waals surface area contributed by atoms with E-state index in [1.165, 1.54) is 11.3 Å². The summed E-state index contributed by atoms with van der Waals surface area (Å²) in [7, 11) is 0. The number of carbonyl (C=O) groups is 1. The van der Waals surface area contributed by atoms with Crippen molar-refractivity contribution in [3.05, 3.63) is 39.1 Å². The Hall–Kier alpha value is -1.14. The van der Waals surface area contributed by atoms with Gasteiger partial charge in [0.25, 0.3) is 5.91 Å². The van der Waals surface area contributed by atoms with Gasteiger partial charge in [-0.2, -0.15) is 0 Å². The minimum absolute atomic E-state index is 0.0635. The number of rotatable bonds is 4. The molecule has 0 fully saturated rings. The maximum absolute atomic E-state index is 11.9. The minimum atomic E-state index is -0.224. The summed E-state index contributed by atoms with van der Waals surface area (Å²) in [6.07, 6.45) is 2.53. The zero-order chi connectivity index (χ0) is 12.3. The Kier molecular flexibility index (Phi) is 3.96. The van der Waals surface area contributed by atoms with Crippen molar-refractivity contribution >= 4 is 33.2 Å². The SMILES string of the molecule is CCC(NC(=O)c1ccc(Br)o1)c1nccs1. The van der Waals surface area contributed by atoms with E-state index in [0.29, 0.717) is 10.4 Å². The van der Waals surface area contributed by atoms with E-state index in [2.05, 4.69) is 26.2 Å². The van der Waals surface area contributed by atoms with E-state index < -0.39 is 0 Å². The summed E-state index contributed by atoms with van der Waals surface area (Å²) >= 11 is 4.70. The summed E-state index contributed by atoms with van der Waals surface area (Å²) in [5.74, 6) is 0.0737. The molecule has 1 atom stereocenters. The summed E-state index contributed by atoms with van der Waals surface area (Å²) in [5, 5.41) is 5.70. The Morgan fingerprint density at radius 2 is 2.47 bits per heavy atom. The van der Waals surface area contributed by atoms with E-state index in [1.807, 2.05) is 12.3 Å². The van der Waals surface area contributed by atoms with Gasteiger partial charge in [0.15, 0.2) is 10.4 Å². The number of hydrogen-bond donors (Lipinski definition) is 1. The van der Waals surface area contributed by atoms with Crippen LogP contribution in [0.25, 0.3) is 0 Å². The lowest BCUT2D eigenvalue weighted by atomic mass is 10.2. The Balaban J connectivity index is 2.07. The molecule has 0 bridgehead atoms. The van der Waals surface area contributed by atoms with Crippen LogP contribution >= 0.6 is 27.3 Å². The summed E-state index contributed by atoms with van der Waals surface area (Å²) < 4.78 is 5.74. The summed E-state index contributed by atoms with van der Waals surface area (Å²) in [4.78, 5) is 16.1. The molecular formula is C11H11BrN2O2S. The first-order valence-electron chi connectivity index (χ1n) is 5.16. The zero-order valence-corrected chi connectivity index (χ0v) is 11.5. The summed E-state index contributed by atoms with van der Waals surface area (Å²) in [6, 6.07) is 3.26. The van der Waals surface area contributed by atoms with Crippen molar-refractivity contribution in [1.82, 2.24) is 10.3 Å². The largest absolute Gasteiger partial charge is 0.444 e. The summed E-state index contributed by atoms with van der Waals surface area (Å²) in [5.41, 5.74) is 0. The molecular weight excluding hydrogens is 304 g/mol. The van der Waals surface area contributed by atoms with Gasteiger partial charge >= 0.3 is 0 Å². The van der Waals surface area contributed by atoms with Gasteiger partial charge in [-0.25, -0.2) is 4.98 Å². The number of nitrogens with one attached hydrogen (secondary N) is 1. The van der Waals surface area contributed by atoms with Crippen LogP contribution in [0, 0.1) is 0 Å². The molecule has 2 heterocycles.